The normalized spacial score (nSPS) is 30.2. The van der Waals surface area contributed by atoms with Crippen LogP contribution in [0.5, 0.6) is 0 Å². The molecule has 1 fully saturated rings. The quantitative estimate of drug-likeness (QED) is 0.604. The van der Waals surface area contributed by atoms with Crippen LogP contribution in [0.2, 0.25) is 0 Å². The van der Waals surface area contributed by atoms with Gasteiger partial charge in [0, 0.05) is 0 Å². The van der Waals surface area contributed by atoms with Gasteiger partial charge in [-0.05, 0) is 25.3 Å². The average Bonchev–Trinajstić information content (AvgIpc) is 2.31. The van der Waals surface area contributed by atoms with E-state index in [0.717, 1.165) is 19.4 Å². The summed E-state index contributed by atoms with van der Waals surface area (Å²) in [6, 6.07) is 10.4. The fraction of sp³-hybridized carbons (Fsp3) is 0.500. The molecule has 1 saturated heterocycles. The fourth-order valence-corrected chi connectivity index (χ4v) is 5.48. The number of hydrogen-bond donors (Lipinski definition) is 0. The molecule has 2 nitrogen and oxygen atoms in total. The molecule has 1 heterocycles. The molecule has 4 heteroatoms. The van der Waals surface area contributed by atoms with Gasteiger partial charge in [-0.3, -0.25) is 0 Å². The van der Waals surface area contributed by atoms with Gasteiger partial charge in [-0.25, -0.2) is 9.05 Å². The SMILES string of the molecule is CCO[P+]1([S-])OCCC[C@@H]1c1ccccc1. The van der Waals surface area contributed by atoms with Gasteiger partial charge in [-0.2, -0.15) is 0 Å². The summed E-state index contributed by atoms with van der Waals surface area (Å²) in [6.45, 7) is 1.26. The summed E-state index contributed by atoms with van der Waals surface area (Å²) in [5.41, 5.74) is 1.54. The van der Waals surface area contributed by atoms with E-state index in [-0.39, 0.29) is 5.66 Å². The maximum atomic E-state index is 5.78. The first-order valence-electron chi connectivity index (χ1n) is 5.70. The summed E-state index contributed by atoms with van der Waals surface area (Å²) >= 11 is 5.62. The summed E-state index contributed by atoms with van der Waals surface area (Å²) in [6.07, 6.45) is 2.16. The zero-order chi connectivity index (χ0) is 11.4. The molecular weight excluding hydrogens is 239 g/mol. The van der Waals surface area contributed by atoms with Crippen LogP contribution >= 0.6 is 6.92 Å². The van der Waals surface area contributed by atoms with E-state index in [4.69, 9.17) is 21.3 Å². The molecule has 2 rings (SSSR count). The molecule has 0 saturated carbocycles. The van der Waals surface area contributed by atoms with E-state index in [1.807, 2.05) is 13.0 Å². The molecule has 1 aliphatic heterocycles. The Hall–Kier alpha value is -0.0800. The molecule has 1 aliphatic rings. The van der Waals surface area contributed by atoms with Crippen molar-refractivity contribution in [2.75, 3.05) is 13.2 Å². The molecule has 0 amide bonds. The van der Waals surface area contributed by atoms with E-state index in [9.17, 15) is 0 Å². The molecule has 88 valence electrons. The Labute approximate surface area is 103 Å². The molecule has 1 unspecified atom stereocenters. The van der Waals surface area contributed by atoms with E-state index in [1.165, 1.54) is 5.56 Å². The minimum absolute atomic E-state index is 0.275. The molecule has 1 aromatic rings. The van der Waals surface area contributed by atoms with Crippen LogP contribution in [-0.4, -0.2) is 13.2 Å². The topological polar surface area (TPSA) is 18.5 Å². The second-order valence-electron chi connectivity index (χ2n) is 3.86. The van der Waals surface area contributed by atoms with Crippen molar-refractivity contribution in [3.63, 3.8) is 0 Å². The first-order valence-corrected chi connectivity index (χ1v) is 8.41. The van der Waals surface area contributed by atoms with Crippen molar-refractivity contribution >= 4 is 19.2 Å². The number of benzene rings is 1. The highest BCUT2D eigenvalue weighted by molar-refractivity contribution is 8.38. The average molecular weight is 256 g/mol. The Morgan fingerprint density at radius 2 is 2.19 bits per heavy atom. The van der Waals surface area contributed by atoms with Crippen LogP contribution in [-0.2, 0) is 21.3 Å². The fourth-order valence-electron chi connectivity index (χ4n) is 2.05. The van der Waals surface area contributed by atoms with Gasteiger partial charge < -0.3 is 12.2 Å². The Morgan fingerprint density at radius 1 is 1.44 bits per heavy atom. The summed E-state index contributed by atoms with van der Waals surface area (Å²) in [5, 5.41) is 0. The maximum absolute atomic E-state index is 5.78. The van der Waals surface area contributed by atoms with Crippen molar-refractivity contribution in [2.45, 2.75) is 25.4 Å². The standard InChI is InChI=1S/C12H17O2PS/c1-2-13-15(16)12(9-6-10-14-15)11-7-4-3-5-8-11/h3-5,7-8,12H,2,6,9-10H2,1H3/t12-,15?/m1/s1. The van der Waals surface area contributed by atoms with E-state index in [2.05, 4.69) is 24.3 Å². The molecule has 1 aromatic carbocycles. The van der Waals surface area contributed by atoms with Gasteiger partial charge in [-0.1, -0.05) is 30.3 Å². The van der Waals surface area contributed by atoms with Crippen molar-refractivity contribution in [2.24, 2.45) is 0 Å². The molecule has 0 aliphatic carbocycles. The first-order chi connectivity index (χ1) is 7.76. The van der Waals surface area contributed by atoms with Gasteiger partial charge in [0.2, 0.25) is 0 Å². The monoisotopic (exact) mass is 256 g/mol. The smallest absolute Gasteiger partial charge is 0.167 e. The van der Waals surface area contributed by atoms with Crippen molar-refractivity contribution in [1.82, 2.24) is 0 Å². The third-order valence-electron chi connectivity index (χ3n) is 2.77. The van der Waals surface area contributed by atoms with Crippen LogP contribution in [0.3, 0.4) is 0 Å². The zero-order valence-corrected chi connectivity index (χ0v) is 11.2. The highest BCUT2D eigenvalue weighted by Crippen LogP contribution is 2.73. The summed E-state index contributed by atoms with van der Waals surface area (Å²) in [4.78, 5) is 0. The molecule has 0 radical (unpaired) electrons. The Morgan fingerprint density at radius 3 is 2.88 bits per heavy atom. The Bertz CT molecular complexity index is 329. The highest BCUT2D eigenvalue weighted by Gasteiger charge is 2.41. The van der Waals surface area contributed by atoms with E-state index in [0.29, 0.717) is 6.61 Å². The molecule has 0 spiro atoms. The van der Waals surface area contributed by atoms with Gasteiger partial charge in [0.25, 0.3) is 0 Å². The zero-order valence-electron chi connectivity index (χ0n) is 9.46. The minimum Gasteiger partial charge on any atom is -0.492 e. The third-order valence-corrected chi connectivity index (χ3v) is 6.64. The summed E-state index contributed by atoms with van der Waals surface area (Å²) in [5.74, 6) is 0. The van der Waals surface area contributed by atoms with E-state index >= 15 is 0 Å². The highest BCUT2D eigenvalue weighted by atomic mass is 32.7. The van der Waals surface area contributed by atoms with Crippen LogP contribution in [0.1, 0.15) is 31.0 Å². The van der Waals surface area contributed by atoms with Crippen molar-refractivity contribution < 1.29 is 9.05 Å². The van der Waals surface area contributed by atoms with E-state index in [1.54, 1.807) is 0 Å². The summed E-state index contributed by atoms with van der Waals surface area (Å²) in [7, 11) is 0. The molecule has 0 bridgehead atoms. The largest absolute Gasteiger partial charge is 0.492 e. The first kappa shape index (κ1) is 12.4. The second kappa shape index (κ2) is 5.50. The molecule has 2 atom stereocenters. The predicted molar refractivity (Wildman–Crippen MR) is 70.3 cm³/mol. The van der Waals surface area contributed by atoms with Gasteiger partial charge >= 0.3 is 0 Å². The van der Waals surface area contributed by atoms with Crippen LogP contribution in [0.25, 0.3) is 0 Å². The third kappa shape index (κ3) is 2.60. The van der Waals surface area contributed by atoms with Gasteiger partial charge in [-0.15, -0.1) is 0 Å². The second-order valence-corrected chi connectivity index (χ2v) is 7.61. The predicted octanol–water partition coefficient (Wildman–Crippen LogP) is 3.88. The van der Waals surface area contributed by atoms with Crippen molar-refractivity contribution in [1.29, 1.82) is 0 Å². The molecule has 0 N–H and O–H groups in total. The minimum atomic E-state index is -2.11. The lowest BCUT2D eigenvalue weighted by molar-refractivity contribution is 0.220. The Balaban J connectivity index is 2.23. The van der Waals surface area contributed by atoms with E-state index < -0.39 is 6.92 Å². The van der Waals surface area contributed by atoms with Crippen LogP contribution in [0.4, 0.5) is 0 Å². The van der Waals surface area contributed by atoms with Gasteiger partial charge in [0.1, 0.15) is 5.66 Å². The Kier molecular flexibility index (Phi) is 4.26. The van der Waals surface area contributed by atoms with Gasteiger partial charge in [0.15, 0.2) is 6.92 Å². The maximum Gasteiger partial charge on any atom is 0.167 e. The van der Waals surface area contributed by atoms with Crippen LogP contribution in [0, 0.1) is 0 Å². The van der Waals surface area contributed by atoms with Crippen LogP contribution in [0.15, 0.2) is 30.3 Å². The molecule has 0 aromatic heterocycles. The van der Waals surface area contributed by atoms with Crippen molar-refractivity contribution in [3.8, 4) is 0 Å². The van der Waals surface area contributed by atoms with Crippen molar-refractivity contribution in [3.05, 3.63) is 35.9 Å². The number of hydrogen-bond acceptors (Lipinski definition) is 3. The lowest BCUT2D eigenvalue weighted by atomic mass is 10.1. The van der Waals surface area contributed by atoms with Gasteiger partial charge in [0.05, 0.1) is 13.2 Å². The number of rotatable bonds is 3. The lowest BCUT2D eigenvalue weighted by Crippen LogP contribution is -2.16. The lowest BCUT2D eigenvalue weighted by Gasteiger charge is -2.39. The van der Waals surface area contributed by atoms with Crippen LogP contribution < -0.4 is 0 Å². The summed E-state index contributed by atoms with van der Waals surface area (Å²) < 4.78 is 11.5. The molecular formula is C12H17O2PS. The molecule has 16 heavy (non-hydrogen) atoms.